The van der Waals surface area contributed by atoms with Gasteiger partial charge in [-0.15, -0.1) is 0 Å². The molecule has 1 aliphatic rings. The van der Waals surface area contributed by atoms with E-state index in [1.807, 2.05) is 20.9 Å². The number of rotatable bonds is 25. The van der Waals surface area contributed by atoms with Crippen LogP contribution in [0.25, 0.3) is 0 Å². The predicted molar refractivity (Wildman–Crippen MR) is 182 cm³/mol. The highest BCUT2D eigenvalue weighted by atomic mass is 16.5. The van der Waals surface area contributed by atoms with Crippen molar-refractivity contribution in [3.8, 4) is 0 Å². The molecule has 6 N–H and O–H groups in total. The molecule has 0 unspecified atom stereocenters. The van der Waals surface area contributed by atoms with Gasteiger partial charge in [0.05, 0.1) is 59.3 Å². The van der Waals surface area contributed by atoms with E-state index in [0.717, 1.165) is 25.9 Å². The lowest BCUT2D eigenvalue weighted by atomic mass is 10.2. The van der Waals surface area contributed by atoms with E-state index in [2.05, 4.69) is 21.3 Å². The van der Waals surface area contributed by atoms with Crippen LogP contribution in [0.15, 0.2) is 0 Å². The van der Waals surface area contributed by atoms with Gasteiger partial charge >= 0.3 is 11.9 Å². The molecule has 0 spiro atoms. The maximum absolute atomic E-state index is 11.5. The largest absolute Gasteiger partial charge is 0.480 e. The Balaban J connectivity index is 0. The number of ether oxygens (including phenoxy) is 3. The number of hydrogen-bond donors (Lipinski definition) is 6. The van der Waals surface area contributed by atoms with Gasteiger partial charge in [-0.3, -0.25) is 33.9 Å². The number of nitrogens with zero attached hydrogens (tertiary/aromatic N) is 3. The molecule has 1 fully saturated rings. The molecule has 0 radical (unpaired) electrons. The van der Waals surface area contributed by atoms with E-state index in [9.17, 15) is 28.8 Å². The summed E-state index contributed by atoms with van der Waals surface area (Å²) < 4.78 is 16.2. The Labute approximate surface area is 290 Å². The number of carboxylic acid groups (broad SMARTS) is 2. The number of aliphatic carboxylic acids is 2. The quantitative estimate of drug-likeness (QED) is 0.0448. The summed E-state index contributed by atoms with van der Waals surface area (Å²) in [5, 5.41) is 29.0. The van der Waals surface area contributed by atoms with Crippen molar-refractivity contribution in [3.05, 3.63) is 0 Å². The van der Waals surface area contributed by atoms with Crippen LogP contribution in [0.4, 0.5) is 0 Å². The van der Waals surface area contributed by atoms with E-state index in [1.54, 1.807) is 14.7 Å². The summed E-state index contributed by atoms with van der Waals surface area (Å²) in [7, 11) is 1.91. The number of amides is 2. The smallest absolute Gasteiger partial charge is 0.317 e. The van der Waals surface area contributed by atoms with Crippen LogP contribution in [-0.4, -0.2) is 187 Å². The minimum Gasteiger partial charge on any atom is -0.480 e. The molecule has 1 aliphatic heterocycles. The molecular formula is C31H61N7O11. The molecule has 2 amide bonds. The van der Waals surface area contributed by atoms with Gasteiger partial charge in [-0.1, -0.05) is 13.8 Å². The molecule has 1 rings (SSSR count). The van der Waals surface area contributed by atoms with Crippen molar-refractivity contribution in [1.29, 1.82) is 0 Å². The van der Waals surface area contributed by atoms with Gasteiger partial charge in [0.15, 0.2) is 0 Å². The Bertz CT molecular complexity index is 872. The molecule has 0 bridgehead atoms. The Morgan fingerprint density at radius 3 is 1.80 bits per heavy atom. The van der Waals surface area contributed by atoms with Crippen molar-refractivity contribution in [2.24, 2.45) is 0 Å². The van der Waals surface area contributed by atoms with Crippen LogP contribution in [0, 0.1) is 0 Å². The second-order valence-corrected chi connectivity index (χ2v) is 10.4. The van der Waals surface area contributed by atoms with Gasteiger partial charge in [0.1, 0.15) is 12.6 Å². The van der Waals surface area contributed by atoms with Crippen molar-refractivity contribution >= 4 is 36.3 Å². The molecule has 49 heavy (non-hydrogen) atoms. The van der Waals surface area contributed by atoms with Crippen molar-refractivity contribution in [1.82, 2.24) is 36.0 Å². The Hall–Kier alpha value is -3.10. The summed E-state index contributed by atoms with van der Waals surface area (Å²) >= 11 is 0. The molecule has 1 saturated heterocycles. The second kappa shape index (κ2) is 36.2. The van der Waals surface area contributed by atoms with Crippen molar-refractivity contribution < 1.29 is 53.2 Å². The van der Waals surface area contributed by atoms with Crippen LogP contribution in [0.1, 0.15) is 39.5 Å². The molecular weight excluding hydrogens is 646 g/mol. The van der Waals surface area contributed by atoms with Gasteiger partial charge in [-0.05, 0) is 26.4 Å². The zero-order valence-electron chi connectivity index (χ0n) is 29.6. The van der Waals surface area contributed by atoms with Crippen molar-refractivity contribution in [2.45, 2.75) is 39.5 Å². The minimum atomic E-state index is -0.924. The molecule has 0 aromatic carbocycles. The summed E-state index contributed by atoms with van der Waals surface area (Å²) in [4.78, 5) is 70.4. The fraction of sp³-hybridized carbons (Fsp3) is 0.806. The third-order valence-electron chi connectivity index (χ3n) is 6.33. The summed E-state index contributed by atoms with van der Waals surface area (Å²) in [5.74, 6) is -2.31. The van der Waals surface area contributed by atoms with Gasteiger partial charge in [0.25, 0.3) is 0 Å². The first-order valence-corrected chi connectivity index (χ1v) is 16.8. The standard InChI is InChI=1S/C17H33N3O6.C12H22N4O5.C2H6/c1-18-6-2-10-24-12-14-26-15-13-25-11-3-7-19-16(22)4-5-17(23)20-8-9-21;17-6-5-15-4-3-14(7-11(18)19)2-1-13-9-16(10-15)8-12(20)21;1-2/h9,18H,2-8,10-15H2,1H3,(H,19,22)(H,20,23);6,13H,1-5,7-10H2,(H,18,19)(H,20,21);1-2H3. The first kappa shape index (κ1) is 48.0. The Kier molecular flexibility index (Phi) is 35.5. The molecule has 286 valence electrons. The predicted octanol–water partition coefficient (Wildman–Crippen LogP) is -1.95. The summed E-state index contributed by atoms with van der Waals surface area (Å²) in [6.07, 6.45) is 3.23. The number of hydrogen-bond acceptors (Lipinski definition) is 14. The number of aldehydes is 2. The van der Waals surface area contributed by atoms with Crippen LogP contribution in [0.2, 0.25) is 0 Å². The van der Waals surface area contributed by atoms with E-state index in [-0.39, 0.29) is 50.8 Å². The lowest BCUT2D eigenvalue weighted by Gasteiger charge is -2.32. The van der Waals surface area contributed by atoms with Crippen LogP contribution in [0.3, 0.4) is 0 Å². The SMILES string of the molecule is CC.CNCCCOCCOCCOCCCNC(=O)CCC(=O)NCC=O.O=CCN1CCN(CC(=O)O)CCNCN(CC(=O)O)C1. The second-order valence-electron chi connectivity index (χ2n) is 10.4. The van der Waals surface area contributed by atoms with Gasteiger partial charge < -0.3 is 55.3 Å². The van der Waals surface area contributed by atoms with E-state index in [1.165, 1.54) is 0 Å². The maximum Gasteiger partial charge on any atom is 0.317 e. The third-order valence-corrected chi connectivity index (χ3v) is 6.33. The summed E-state index contributed by atoms with van der Waals surface area (Å²) in [6.45, 7) is 11.8. The number of carboxylic acids is 2. The van der Waals surface area contributed by atoms with Gasteiger partial charge in [0, 0.05) is 65.4 Å². The zero-order valence-corrected chi connectivity index (χ0v) is 29.6. The molecule has 18 heteroatoms. The number of carbonyl (C=O) groups is 6. The van der Waals surface area contributed by atoms with Gasteiger partial charge in [-0.2, -0.15) is 0 Å². The first-order valence-electron chi connectivity index (χ1n) is 16.8. The molecule has 0 saturated carbocycles. The fourth-order valence-electron chi connectivity index (χ4n) is 4.03. The van der Waals surface area contributed by atoms with Crippen LogP contribution in [0.5, 0.6) is 0 Å². The molecule has 0 aliphatic carbocycles. The molecule has 18 nitrogen and oxygen atoms in total. The van der Waals surface area contributed by atoms with Crippen LogP contribution < -0.4 is 21.3 Å². The number of nitrogens with one attached hydrogen (secondary N) is 4. The number of carbonyl (C=O) groups excluding carboxylic acids is 4. The molecule has 0 aromatic heterocycles. The van der Waals surface area contributed by atoms with Crippen LogP contribution >= 0.6 is 0 Å². The topological polar surface area (TPSA) is 228 Å². The lowest BCUT2D eigenvalue weighted by molar-refractivity contribution is -0.140. The molecule has 0 atom stereocenters. The average Bonchev–Trinajstić information content (AvgIpc) is 3.07. The highest BCUT2D eigenvalue weighted by molar-refractivity contribution is 5.84. The van der Waals surface area contributed by atoms with E-state index < -0.39 is 11.9 Å². The monoisotopic (exact) mass is 707 g/mol. The third kappa shape index (κ3) is 34.6. The van der Waals surface area contributed by atoms with Crippen LogP contribution in [-0.2, 0) is 43.0 Å². The normalized spacial score (nSPS) is 14.3. The molecule has 0 aromatic rings. The van der Waals surface area contributed by atoms with Crippen molar-refractivity contribution in [2.75, 3.05) is 125 Å². The minimum absolute atomic E-state index is 0.0226. The highest BCUT2D eigenvalue weighted by Crippen LogP contribution is 1.98. The maximum atomic E-state index is 11.5. The Morgan fingerprint density at radius 2 is 1.24 bits per heavy atom. The van der Waals surface area contributed by atoms with Gasteiger partial charge in [-0.25, -0.2) is 0 Å². The summed E-state index contributed by atoms with van der Waals surface area (Å²) in [6, 6.07) is 0. The zero-order chi connectivity index (χ0) is 37.0. The van der Waals surface area contributed by atoms with E-state index in [4.69, 9.17) is 24.4 Å². The lowest BCUT2D eigenvalue weighted by Crippen LogP contribution is -2.50. The first-order chi connectivity index (χ1) is 23.7. The van der Waals surface area contributed by atoms with Gasteiger partial charge in [0.2, 0.25) is 11.8 Å². The molecule has 1 heterocycles. The average molecular weight is 708 g/mol. The van der Waals surface area contributed by atoms with E-state index >= 15 is 0 Å². The fourth-order valence-corrected chi connectivity index (χ4v) is 4.03. The summed E-state index contributed by atoms with van der Waals surface area (Å²) in [5.41, 5.74) is 0. The highest BCUT2D eigenvalue weighted by Gasteiger charge is 2.18. The van der Waals surface area contributed by atoms with Crippen molar-refractivity contribution in [3.63, 3.8) is 0 Å². The van der Waals surface area contributed by atoms with E-state index in [0.29, 0.717) is 91.8 Å². The Morgan fingerprint density at radius 1 is 0.714 bits per heavy atom.